The maximum absolute atomic E-state index is 12.4. The molecule has 0 aliphatic carbocycles. The van der Waals surface area contributed by atoms with Crippen molar-refractivity contribution in [3.63, 3.8) is 0 Å². The van der Waals surface area contributed by atoms with Crippen LogP contribution in [-0.2, 0) is 25.6 Å². The van der Waals surface area contributed by atoms with Crippen molar-refractivity contribution in [1.29, 1.82) is 0 Å². The molecular weight excluding hydrogens is 607 g/mol. The van der Waals surface area contributed by atoms with Gasteiger partial charge in [0.1, 0.15) is 11.8 Å². The van der Waals surface area contributed by atoms with E-state index in [9.17, 15) is 19.2 Å². The average Bonchev–Trinajstić information content (AvgIpc) is 2.97. The largest absolute Gasteiger partial charge is 0.427 e. The van der Waals surface area contributed by atoms with E-state index in [0.29, 0.717) is 25.0 Å². The molecule has 0 heterocycles. The Morgan fingerprint density at radius 2 is 1.52 bits per heavy atom. The van der Waals surface area contributed by atoms with Gasteiger partial charge in [-0.05, 0) is 63.6 Å². The summed E-state index contributed by atoms with van der Waals surface area (Å²) in [4.78, 5) is 63.7. The summed E-state index contributed by atoms with van der Waals surface area (Å²) in [5, 5.41) is 8.44. The van der Waals surface area contributed by atoms with Gasteiger partial charge in [0, 0.05) is 23.4 Å². The molecule has 0 spiro atoms. The number of hydrogen-bond acceptors (Lipinski definition) is 7. The Morgan fingerprint density at radius 1 is 0.978 bits per heavy atom. The Labute approximate surface area is 280 Å². The molecule has 11 nitrogen and oxygen atoms in total. The normalized spacial score (nSPS) is 12.7. The first kappa shape index (κ1) is 47.7. The number of unbranched alkanes of at least 4 members (excludes halogenated alkanes) is 2. The molecule has 0 aromatic heterocycles. The maximum Gasteiger partial charge on any atom is 0.391 e. The summed E-state index contributed by atoms with van der Waals surface area (Å²) in [7, 11) is -2.38. The van der Waals surface area contributed by atoms with Crippen molar-refractivity contribution >= 4 is 32.7 Å². The van der Waals surface area contributed by atoms with E-state index in [0.717, 1.165) is 37.7 Å². The molecule has 0 bridgehead atoms. The monoisotopic (exact) mass is 672 g/mol. The molecule has 3 atom stereocenters. The van der Waals surface area contributed by atoms with Gasteiger partial charge in [-0.15, -0.1) is 0 Å². The fourth-order valence-corrected chi connectivity index (χ4v) is 4.83. The minimum absolute atomic E-state index is 0.0233. The first-order chi connectivity index (χ1) is 21.5. The molecule has 0 radical (unpaired) electrons. The molecule has 46 heavy (non-hydrogen) atoms. The minimum Gasteiger partial charge on any atom is -0.427 e. The van der Waals surface area contributed by atoms with E-state index in [1.807, 2.05) is 74.4 Å². The zero-order valence-electron chi connectivity index (χ0n) is 30.5. The lowest BCUT2D eigenvalue weighted by molar-refractivity contribution is -0.131. The highest BCUT2D eigenvalue weighted by Gasteiger charge is 2.36. The van der Waals surface area contributed by atoms with Crippen molar-refractivity contribution in [2.75, 3.05) is 0 Å². The number of nitrogens with two attached hydrogens (primary N) is 1. The third-order valence-electron chi connectivity index (χ3n) is 6.82. The van der Waals surface area contributed by atoms with Gasteiger partial charge in [0.2, 0.25) is 24.1 Å². The van der Waals surface area contributed by atoms with Crippen molar-refractivity contribution in [1.82, 2.24) is 16.0 Å². The van der Waals surface area contributed by atoms with Crippen LogP contribution in [0.4, 0.5) is 0 Å². The van der Waals surface area contributed by atoms with Crippen LogP contribution in [0.1, 0.15) is 127 Å². The zero-order chi connectivity index (χ0) is 36.5. The van der Waals surface area contributed by atoms with E-state index in [-0.39, 0.29) is 23.8 Å². The molecule has 4 amide bonds. The second-order valence-electron chi connectivity index (χ2n) is 12.1. The van der Waals surface area contributed by atoms with E-state index in [2.05, 4.69) is 22.9 Å². The number of hydrogen-bond donors (Lipinski definition) is 6. The molecule has 0 aliphatic heterocycles. The predicted molar refractivity (Wildman–Crippen MR) is 189 cm³/mol. The van der Waals surface area contributed by atoms with Gasteiger partial charge in [-0.2, -0.15) is 0 Å². The third kappa shape index (κ3) is 22.7. The summed E-state index contributed by atoms with van der Waals surface area (Å²) in [6.45, 7) is 23.1. The Hall–Kier alpha value is -2.75. The number of rotatable bonds is 18. The second-order valence-corrected chi connectivity index (χ2v) is 12.8. The minimum atomic E-state index is -2.38. The van der Waals surface area contributed by atoms with Crippen molar-refractivity contribution < 1.29 is 33.5 Å². The van der Waals surface area contributed by atoms with Crippen LogP contribution < -0.4 is 26.2 Å². The number of nitrogens with one attached hydrogen (secondary N) is 3. The molecule has 7 N–H and O–H groups in total. The van der Waals surface area contributed by atoms with Gasteiger partial charge < -0.3 is 36.0 Å². The standard InChI is InChI=1S/C15H29N3O3.C15H24NO4P.2C2H6/c1-7-10(2)11(17-9-19)12(20)18-15(5,6)8-14(3,4)13(16)21;1-3-4-5-6-15(17)16-12(2)11-13-7-9-14(10-8-13)20-21(18)19;2*1-2/h9-11H,7-8H2,1-6H3,(H2,16,21)(H,17,19)(H,18,20);7-10,12,18-19H,3-6,11H2,1-2H3,(H,16,17);2*1-2H3. The lowest BCUT2D eigenvalue weighted by Gasteiger charge is -2.35. The summed E-state index contributed by atoms with van der Waals surface area (Å²) in [6, 6.07) is 6.57. The van der Waals surface area contributed by atoms with E-state index in [1.54, 1.807) is 26.0 Å². The van der Waals surface area contributed by atoms with Crippen LogP contribution in [0.25, 0.3) is 0 Å². The number of carbonyl (C=O) groups excluding carboxylic acids is 4. The topological polar surface area (TPSA) is 180 Å². The number of amides is 4. The number of primary amides is 1. The van der Waals surface area contributed by atoms with E-state index < -0.39 is 31.5 Å². The lowest BCUT2D eigenvalue weighted by atomic mass is 9.79. The molecular formula is C34H65N4O7P. The maximum atomic E-state index is 12.4. The smallest absolute Gasteiger partial charge is 0.391 e. The Morgan fingerprint density at radius 3 is 1.96 bits per heavy atom. The van der Waals surface area contributed by atoms with Gasteiger partial charge in [0.05, 0.1) is 0 Å². The van der Waals surface area contributed by atoms with Gasteiger partial charge in [0.25, 0.3) is 0 Å². The van der Waals surface area contributed by atoms with Gasteiger partial charge in [-0.3, -0.25) is 19.2 Å². The predicted octanol–water partition coefficient (Wildman–Crippen LogP) is 5.90. The van der Waals surface area contributed by atoms with Crippen LogP contribution in [0.15, 0.2) is 24.3 Å². The summed E-state index contributed by atoms with van der Waals surface area (Å²) in [6.07, 6.45) is 6.17. The molecule has 12 heteroatoms. The molecule has 3 unspecified atom stereocenters. The van der Waals surface area contributed by atoms with Crippen molar-refractivity contribution in [2.45, 2.75) is 146 Å². The molecule has 1 aromatic rings. The molecule has 0 saturated carbocycles. The van der Waals surface area contributed by atoms with Crippen molar-refractivity contribution in [2.24, 2.45) is 17.1 Å². The molecule has 0 fully saturated rings. The Bertz CT molecular complexity index is 973. The van der Waals surface area contributed by atoms with Crippen LogP contribution in [0.3, 0.4) is 0 Å². The fourth-order valence-electron chi connectivity index (χ4n) is 4.52. The average molecular weight is 673 g/mol. The molecule has 0 aliphatic rings. The van der Waals surface area contributed by atoms with E-state index >= 15 is 0 Å². The Balaban J connectivity index is -0.000000725. The van der Waals surface area contributed by atoms with Crippen LogP contribution in [0.2, 0.25) is 0 Å². The number of benzene rings is 1. The van der Waals surface area contributed by atoms with Crippen LogP contribution in [0, 0.1) is 11.3 Å². The van der Waals surface area contributed by atoms with E-state index in [1.165, 1.54) is 0 Å². The Kier molecular flexibility index (Phi) is 27.3. The molecule has 268 valence electrons. The fraction of sp³-hybridized carbons (Fsp3) is 0.706. The quantitative estimate of drug-likeness (QED) is 0.0638. The SMILES string of the molecule is CC.CC.CCC(C)C(NC=O)C(=O)NC(C)(C)CC(C)(C)C(N)=O.CCCCCC(=O)NC(C)Cc1ccc(OP(O)O)cc1. The summed E-state index contributed by atoms with van der Waals surface area (Å²) in [5.41, 5.74) is 5.11. The van der Waals surface area contributed by atoms with Gasteiger partial charge in [0.15, 0.2) is 0 Å². The third-order valence-corrected chi connectivity index (χ3v) is 7.20. The second kappa shape index (κ2) is 26.3. The lowest BCUT2D eigenvalue weighted by Crippen LogP contribution is -2.55. The van der Waals surface area contributed by atoms with Gasteiger partial charge in [-0.25, -0.2) is 0 Å². The van der Waals surface area contributed by atoms with Crippen LogP contribution >= 0.6 is 8.60 Å². The highest BCUT2D eigenvalue weighted by Crippen LogP contribution is 2.29. The highest BCUT2D eigenvalue weighted by molar-refractivity contribution is 7.39. The van der Waals surface area contributed by atoms with Crippen molar-refractivity contribution in [3.8, 4) is 5.75 Å². The first-order valence-electron chi connectivity index (χ1n) is 16.5. The van der Waals surface area contributed by atoms with Crippen molar-refractivity contribution in [3.05, 3.63) is 29.8 Å². The zero-order valence-corrected chi connectivity index (χ0v) is 31.4. The summed E-state index contributed by atoms with van der Waals surface area (Å²) < 4.78 is 4.80. The molecule has 1 aromatic carbocycles. The summed E-state index contributed by atoms with van der Waals surface area (Å²) >= 11 is 0. The van der Waals surface area contributed by atoms with Gasteiger partial charge >= 0.3 is 8.60 Å². The highest BCUT2D eigenvalue weighted by atomic mass is 31.2. The molecule has 0 saturated heterocycles. The van der Waals surface area contributed by atoms with E-state index in [4.69, 9.17) is 20.0 Å². The van der Waals surface area contributed by atoms with Gasteiger partial charge in [-0.1, -0.05) is 93.7 Å². The number of carbonyl (C=O) groups is 4. The summed E-state index contributed by atoms with van der Waals surface area (Å²) in [5.74, 6) is -0.112. The first-order valence-corrected chi connectivity index (χ1v) is 17.7. The molecule has 1 rings (SSSR count). The van der Waals surface area contributed by atoms with Crippen LogP contribution in [0.5, 0.6) is 5.75 Å². The van der Waals surface area contributed by atoms with Crippen LogP contribution in [-0.4, -0.2) is 51.5 Å².